The predicted octanol–water partition coefficient (Wildman–Crippen LogP) is 1.56. The molecule has 1 atom stereocenters. The maximum Gasteiger partial charge on any atom is 0.253 e. The molecule has 1 aromatic heterocycles. The van der Waals surface area contributed by atoms with Crippen LogP contribution >= 0.6 is 0 Å². The highest BCUT2D eigenvalue weighted by Gasteiger charge is 2.15. The second kappa shape index (κ2) is 5.91. The first kappa shape index (κ1) is 12.2. The van der Waals surface area contributed by atoms with Crippen molar-refractivity contribution in [2.24, 2.45) is 5.92 Å². The highest BCUT2D eigenvalue weighted by atomic mass is 19.1. The molecule has 0 amide bonds. The summed E-state index contributed by atoms with van der Waals surface area (Å²) in [7, 11) is 0. The normalized spacial score (nSPS) is 19.5. The van der Waals surface area contributed by atoms with Gasteiger partial charge in [-0.3, -0.25) is 0 Å². The molecule has 4 nitrogen and oxygen atoms in total. The molecule has 5 heteroatoms. The van der Waals surface area contributed by atoms with Crippen molar-refractivity contribution in [1.82, 2.24) is 15.3 Å². The topological polar surface area (TPSA) is 47.0 Å². The smallest absolute Gasteiger partial charge is 0.253 e. The summed E-state index contributed by atoms with van der Waals surface area (Å²) in [5, 5.41) is 3.30. The molecule has 1 N–H and O–H groups in total. The molecule has 0 bridgehead atoms. The number of hydrogen-bond donors (Lipinski definition) is 1. The van der Waals surface area contributed by atoms with Crippen molar-refractivity contribution >= 4 is 0 Å². The van der Waals surface area contributed by atoms with Gasteiger partial charge in [-0.25, -0.2) is 4.98 Å². The van der Waals surface area contributed by atoms with E-state index in [1.165, 1.54) is 12.7 Å². The average molecular weight is 239 g/mol. The second-order valence-electron chi connectivity index (χ2n) is 4.29. The van der Waals surface area contributed by atoms with Crippen molar-refractivity contribution < 1.29 is 9.13 Å². The van der Waals surface area contributed by atoms with Crippen LogP contribution in [-0.2, 0) is 6.42 Å². The predicted molar refractivity (Wildman–Crippen MR) is 62.5 cm³/mol. The Labute approximate surface area is 101 Å². The van der Waals surface area contributed by atoms with Gasteiger partial charge in [-0.05, 0) is 38.3 Å². The molecule has 2 rings (SSSR count). The lowest BCUT2D eigenvalue weighted by Gasteiger charge is -2.10. The Morgan fingerprint density at radius 3 is 3.12 bits per heavy atom. The SMILES string of the molecule is CCc1ncnc(OCCC2CCNC2)c1F. The van der Waals surface area contributed by atoms with Gasteiger partial charge in [0.1, 0.15) is 6.33 Å². The van der Waals surface area contributed by atoms with Gasteiger partial charge >= 0.3 is 0 Å². The third-order valence-electron chi connectivity index (χ3n) is 3.09. The van der Waals surface area contributed by atoms with Gasteiger partial charge in [-0.15, -0.1) is 0 Å². The van der Waals surface area contributed by atoms with Crippen LogP contribution in [0, 0.1) is 11.7 Å². The van der Waals surface area contributed by atoms with E-state index in [1.807, 2.05) is 6.92 Å². The minimum absolute atomic E-state index is 0.0859. The van der Waals surface area contributed by atoms with Crippen LogP contribution in [0.25, 0.3) is 0 Å². The van der Waals surface area contributed by atoms with Crippen molar-refractivity contribution in [2.75, 3.05) is 19.7 Å². The minimum atomic E-state index is -0.417. The first-order chi connectivity index (χ1) is 8.31. The third kappa shape index (κ3) is 3.12. The molecule has 0 radical (unpaired) electrons. The molecule has 1 fully saturated rings. The van der Waals surface area contributed by atoms with Crippen LogP contribution in [0.5, 0.6) is 5.88 Å². The molecule has 1 saturated heterocycles. The van der Waals surface area contributed by atoms with Crippen molar-refractivity contribution in [3.05, 3.63) is 17.8 Å². The molecule has 0 aromatic carbocycles. The number of hydrogen-bond acceptors (Lipinski definition) is 4. The van der Waals surface area contributed by atoms with E-state index in [1.54, 1.807) is 0 Å². The Hall–Kier alpha value is -1.23. The van der Waals surface area contributed by atoms with Crippen LogP contribution in [0.3, 0.4) is 0 Å². The Bertz CT molecular complexity index is 367. The summed E-state index contributed by atoms with van der Waals surface area (Å²) in [5.74, 6) is 0.313. The first-order valence-electron chi connectivity index (χ1n) is 6.14. The number of ether oxygens (including phenoxy) is 1. The molecule has 1 aliphatic heterocycles. The number of aryl methyl sites for hydroxylation is 1. The zero-order valence-electron chi connectivity index (χ0n) is 10.1. The summed E-state index contributed by atoms with van der Waals surface area (Å²) in [5.41, 5.74) is 0.414. The van der Waals surface area contributed by atoms with Gasteiger partial charge in [0.15, 0.2) is 0 Å². The molecule has 1 aromatic rings. The third-order valence-corrected chi connectivity index (χ3v) is 3.09. The van der Waals surface area contributed by atoms with Gasteiger partial charge in [0.2, 0.25) is 5.82 Å². The molecular weight excluding hydrogens is 221 g/mol. The number of nitrogens with one attached hydrogen (secondary N) is 1. The molecule has 1 aliphatic rings. The standard InChI is InChI=1S/C12H18FN3O/c1-2-10-11(13)12(16-8-15-10)17-6-4-9-3-5-14-7-9/h8-9,14H,2-7H2,1H3. The molecule has 0 saturated carbocycles. The van der Waals surface area contributed by atoms with E-state index >= 15 is 0 Å². The lowest BCUT2D eigenvalue weighted by atomic mass is 10.1. The fourth-order valence-electron chi connectivity index (χ4n) is 2.02. The average Bonchev–Trinajstić information content (AvgIpc) is 2.84. The first-order valence-corrected chi connectivity index (χ1v) is 6.14. The van der Waals surface area contributed by atoms with E-state index in [0.29, 0.717) is 24.6 Å². The van der Waals surface area contributed by atoms with E-state index in [9.17, 15) is 4.39 Å². The zero-order valence-corrected chi connectivity index (χ0v) is 10.1. The molecule has 2 heterocycles. The molecule has 94 valence electrons. The maximum atomic E-state index is 13.7. The number of rotatable bonds is 5. The lowest BCUT2D eigenvalue weighted by molar-refractivity contribution is 0.259. The van der Waals surface area contributed by atoms with Crippen molar-refractivity contribution in [2.45, 2.75) is 26.2 Å². The lowest BCUT2D eigenvalue weighted by Crippen LogP contribution is -2.12. The van der Waals surface area contributed by atoms with Crippen LogP contribution < -0.4 is 10.1 Å². The van der Waals surface area contributed by atoms with E-state index in [4.69, 9.17) is 4.74 Å². The molecule has 17 heavy (non-hydrogen) atoms. The Morgan fingerprint density at radius 1 is 1.53 bits per heavy atom. The number of aromatic nitrogens is 2. The van der Waals surface area contributed by atoms with Crippen LogP contribution in [0.2, 0.25) is 0 Å². The summed E-state index contributed by atoms with van der Waals surface area (Å²) in [6.45, 7) is 4.49. The van der Waals surface area contributed by atoms with Crippen molar-refractivity contribution in [3.8, 4) is 5.88 Å². The van der Waals surface area contributed by atoms with E-state index in [0.717, 1.165) is 19.5 Å². The van der Waals surface area contributed by atoms with E-state index in [2.05, 4.69) is 15.3 Å². The van der Waals surface area contributed by atoms with Crippen LogP contribution in [0.15, 0.2) is 6.33 Å². The molecule has 1 unspecified atom stereocenters. The highest BCUT2D eigenvalue weighted by molar-refractivity contribution is 5.16. The van der Waals surface area contributed by atoms with Gasteiger partial charge in [0.25, 0.3) is 5.88 Å². The van der Waals surface area contributed by atoms with Gasteiger partial charge in [0.05, 0.1) is 12.3 Å². The fraction of sp³-hybridized carbons (Fsp3) is 0.667. The van der Waals surface area contributed by atoms with E-state index in [-0.39, 0.29) is 5.88 Å². The van der Waals surface area contributed by atoms with Gasteiger partial charge < -0.3 is 10.1 Å². The van der Waals surface area contributed by atoms with Crippen molar-refractivity contribution in [1.29, 1.82) is 0 Å². The quantitative estimate of drug-likeness (QED) is 0.847. The fourth-order valence-corrected chi connectivity index (χ4v) is 2.02. The van der Waals surface area contributed by atoms with Gasteiger partial charge in [0, 0.05) is 0 Å². The van der Waals surface area contributed by atoms with E-state index < -0.39 is 5.82 Å². The highest BCUT2D eigenvalue weighted by Crippen LogP contribution is 2.17. The van der Waals surface area contributed by atoms with Crippen LogP contribution in [0.1, 0.15) is 25.5 Å². The van der Waals surface area contributed by atoms with Gasteiger partial charge in [-0.2, -0.15) is 9.37 Å². The monoisotopic (exact) mass is 239 g/mol. The zero-order chi connectivity index (χ0) is 12.1. The molecular formula is C12H18FN3O. The minimum Gasteiger partial charge on any atom is -0.475 e. The number of halogens is 1. The molecule has 0 spiro atoms. The summed E-state index contributed by atoms with van der Waals surface area (Å²) < 4.78 is 19.1. The van der Waals surface area contributed by atoms with Crippen molar-refractivity contribution in [3.63, 3.8) is 0 Å². The maximum absolute atomic E-state index is 13.7. The van der Waals surface area contributed by atoms with Gasteiger partial charge in [-0.1, -0.05) is 6.92 Å². The summed E-state index contributed by atoms with van der Waals surface area (Å²) in [6, 6.07) is 0. The summed E-state index contributed by atoms with van der Waals surface area (Å²) in [6.07, 6.45) is 4.03. The second-order valence-corrected chi connectivity index (χ2v) is 4.29. The summed E-state index contributed by atoms with van der Waals surface area (Å²) in [4.78, 5) is 7.69. The van der Waals surface area contributed by atoms with Crippen LogP contribution in [-0.4, -0.2) is 29.7 Å². The van der Waals surface area contributed by atoms with Crippen LogP contribution in [0.4, 0.5) is 4.39 Å². The Balaban J connectivity index is 1.85. The Kier molecular flexibility index (Phi) is 4.25. The number of nitrogens with zero attached hydrogens (tertiary/aromatic N) is 2. The summed E-state index contributed by atoms with van der Waals surface area (Å²) >= 11 is 0. The molecule has 0 aliphatic carbocycles. The Morgan fingerprint density at radius 2 is 2.41 bits per heavy atom. The largest absolute Gasteiger partial charge is 0.475 e.